The molecule has 3 rings (SSSR count). The summed E-state index contributed by atoms with van der Waals surface area (Å²) in [6.45, 7) is 1.86. The number of carboxylic acid groups (broad SMARTS) is 1. The Hall–Kier alpha value is -3.40. The van der Waals surface area contributed by atoms with Crippen molar-refractivity contribution in [1.82, 2.24) is 14.4 Å². The predicted molar refractivity (Wildman–Crippen MR) is 120 cm³/mol. The first kappa shape index (κ1) is 25.2. The van der Waals surface area contributed by atoms with Crippen LogP contribution in [0.5, 0.6) is 0 Å². The van der Waals surface area contributed by atoms with E-state index >= 15 is 0 Å². The summed E-state index contributed by atoms with van der Waals surface area (Å²) in [4.78, 5) is 27.2. The Bertz CT molecular complexity index is 1220. The zero-order valence-electron chi connectivity index (χ0n) is 19.0. The van der Waals surface area contributed by atoms with Crippen molar-refractivity contribution in [2.24, 2.45) is 0 Å². The molecule has 0 saturated carbocycles. The Morgan fingerprint density at radius 1 is 1.06 bits per heavy atom. The number of likely N-dealkylation sites (N-methyl/N-ethyl adjacent to an activating group) is 2. The Kier molecular flexibility index (Phi) is 7.30. The quantitative estimate of drug-likeness (QED) is 0.485. The van der Waals surface area contributed by atoms with E-state index in [0.717, 1.165) is 12.1 Å². The number of carbonyl (C=O) groups is 2. The summed E-state index contributed by atoms with van der Waals surface area (Å²) in [5.41, 5.74) is 0.575. The van der Waals surface area contributed by atoms with Gasteiger partial charge in [-0.1, -0.05) is 6.07 Å². The number of aromatic nitrogens is 1. The molecule has 0 atom stereocenters. The Labute approximate surface area is 194 Å². The van der Waals surface area contributed by atoms with Gasteiger partial charge in [0.1, 0.15) is 12.4 Å². The van der Waals surface area contributed by atoms with Gasteiger partial charge < -0.3 is 19.5 Å². The van der Waals surface area contributed by atoms with Crippen molar-refractivity contribution in [3.05, 3.63) is 59.5 Å². The standard InChI is InChI=1S/C24H25F4N3O3/c1-4-30(22(32)13-29(2)3)11-15-9-17(25)6-7-18(15)20-12-31(14-23(33)34)21-8-5-16(10-19(20)21)24(26,27)28/h5-10,12H,4,11,13-14H2,1-3H3,(H,33,34). The second kappa shape index (κ2) is 9.84. The minimum Gasteiger partial charge on any atom is -0.480 e. The largest absolute Gasteiger partial charge is 0.480 e. The third-order valence-electron chi connectivity index (χ3n) is 5.42. The fourth-order valence-electron chi connectivity index (χ4n) is 3.87. The lowest BCUT2D eigenvalue weighted by Crippen LogP contribution is -2.37. The van der Waals surface area contributed by atoms with Crippen LogP contribution in [0.4, 0.5) is 17.6 Å². The van der Waals surface area contributed by atoms with E-state index in [9.17, 15) is 32.3 Å². The van der Waals surface area contributed by atoms with E-state index < -0.39 is 30.1 Å². The van der Waals surface area contributed by atoms with Crippen LogP contribution in [0.3, 0.4) is 0 Å². The highest BCUT2D eigenvalue weighted by atomic mass is 19.4. The van der Waals surface area contributed by atoms with Crippen LogP contribution in [0.2, 0.25) is 0 Å². The number of carboxylic acids is 1. The van der Waals surface area contributed by atoms with Crippen LogP contribution >= 0.6 is 0 Å². The van der Waals surface area contributed by atoms with Gasteiger partial charge in [-0.15, -0.1) is 0 Å². The Morgan fingerprint density at radius 3 is 2.35 bits per heavy atom. The van der Waals surface area contributed by atoms with E-state index in [1.165, 1.54) is 39.9 Å². The lowest BCUT2D eigenvalue weighted by Gasteiger charge is -2.24. The summed E-state index contributed by atoms with van der Waals surface area (Å²) in [7, 11) is 3.49. The van der Waals surface area contributed by atoms with Gasteiger partial charge in [0.05, 0.1) is 12.1 Å². The van der Waals surface area contributed by atoms with Gasteiger partial charge in [0.15, 0.2) is 0 Å². The highest BCUT2D eigenvalue weighted by Crippen LogP contribution is 2.38. The van der Waals surface area contributed by atoms with Crippen LogP contribution in [0.1, 0.15) is 18.1 Å². The molecule has 0 saturated heterocycles. The fraction of sp³-hybridized carbons (Fsp3) is 0.333. The third-order valence-corrected chi connectivity index (χ3v) is 5.42. The lowest BCUT2D eigenvalue weighted by molar-refractivity contribution is -0.138. The molecule has 0 fully saturated rings. The molecule has 1 amide bonds. The van der Waals surface area contributed by atoms with E-state index in [2.05, 4.69) is 0 Å². The van der Waals surface area contributed by atoms with Crippen LogP contribution in [0, 0.1) is 5.82 Å². The lowest BCUT2D eigenvalue weighted by atomic mass is 9.97. The van der Waals surface area contributed by atoms with E-state index in [1.807, 2.05) is 0 Å². The number of hydrogen-bond donors (Lipinski definition) is 1. The molecular formula is C24H25F4N3O3. The summed E-state index contributed by atoms with van der Waals surface area (Å²) in [5.74, 6) is -1.90. The number of nitrogens with zero attached hydrogens (tertiary/aromatic N) is 3. The van der Waals surface area contributed by atoms with Gasteiger partial charge in [-0.3, -0.25) is 9.59 Å². The fourth-order valence-corrected chi connectivity index (χ4v) is 3.87. The smallest absolute Gasteiger partial charge is 0.416 e. The molecule has 3 aromatic rings. The minimum atomic E-state index is -4.59. The van der Waals surface area contributed by atoms with Crippen molar-refractivity contribution >= 4 is 22.8 Å². The Balaban J connectivity index is 2.18. The second-order valence-corrected chi connectivity index (χ2v) is 8.24. The van der Waals surface area contributed by atoms with Gasteiger partial charge in [0.25, 0.3) is 0 Å². The van der Waals surface area contributed by atoms with Gasteiger partial charge in [0.2, 0.25) is 5.91 Å². The monoisotopic (exact) mass is 479 g/mol. The number of benzene rings is 2. The SMILES string of the molecule is CCN(Cc1cc(F)ccc1-c1cn(CC(=O)O)c2ccc(C(F)(F)F)cc12)C(=O)CN(C)C. The average molecular weight is 479 g/mol. The second-order valence-electron chi connectivity index (χ2n) is 8.24. The Morgan fingerprint density at radius 2 is 1.76 bits per heavy atom. The maximum atomic E-state index is 14.2. The first-order valence-electron chi connectivity index (χ1n) is 10.5. The van der Waals surface area contributed by atoms with E-state index in [-0.39, 0.29) is 24.4 Å². The highest BCUT2D eigenvalue weighted by Gasteiger charge is 2.31. The molecule has 0 radical (unpaired) electrons. The van der Waals surface area contributed by atoms with Crippen molar-refractivity contribution in [3.8, 4) is 11.1 Å². The molecule has 1 heterocycles. The molecule has 0 aliphatic rings. The van der Waals surface area contributed by atoms with Crippen molar-refractivity contribution in [2.45, 2.75) is 26.2 Å². The third kappa shape index (κ3) is 5.56. The topological polar surface area (TPSA) is 65.8 Å². The molecule has 0 bridgehead atoms. The molecule has 10 heteroatoms. The summed E-state index contributed by atoms with van der Waals surface area (Å²) in [5, 5.41) is 9.45. The van der Waals surface area contributed by atoms with Crippen molar-refractivity contribution in [2.75, 3.05) is 27.2 Å². The van der Waals surface area contributed by atoms with Crippen LogP contribution < -0.4 is 0 Å². The zero-order valence-corrected chi connectivity index (χ0v) is 19.0. The number of fused-ring (bicyclic) bond motifs is 1. The van der Waals surface area contributed by atoms with E-state index in [4.69, 9.17) is 0 Å². The molecule has 0 unspecified atom stereocenters. The van der Waals surface area contributed by atoms with Crippen molar-refractivity contribution in [1.29, 1.82) is 0 Å². The molecular weight excluding hydrogens is 454 g/mol. The minimum absolute atomic E-state index is 0.0425. The summed E-state index contributed by atoms with van der Waals surface area (Å²) in [6, 6.07) is 6.96. The van der Waals surface area contributed by atoms with Crippen LogP contribution in [0.15, 0.2) is 42.6 Å². The van der Waals surface area contributed by atoms with Crippen LogP contribution in [-0.2, 0) is 28.9 Å². The molecule has 0 aliphatic carbocycles. The number of halogens is 4. The first-order chi connectivity index (χ1) is 15.9. The molecule has 34 heavy (non-hydrogen) atoms. The summed E-state index contributed by atoms with van der Waals surface area (Å²) >= 11 is 0. The first-order valence-corrected chi connectivity index (χ1v) is 10.5. The van der Waals surface area contributed by atoms with Gasteiger partial charge in [-0.05, 0) is 62.5 Å². The van der Waals surface area contributed by atoms with Crippen molar-refractivity contribution in [3.63, 3.8) is 0 Å². The van der Waals surface area contributed by atoms with Crippen LogP contribution in [-0.4, -0.2) is 58.5 Å². The number of aliphatic carboxylic acids is 1. The highest BCUT2D eigenvalue weighted by molar-refractivity contribution is 5.98. The average Bonchev–Trinajstić information content (AvgIpc) is 3.07. The number of carbonyl (C=O) groups excluding carboxylic acids is 1. The van der Waals surface area contributed by atoms with Gasteiger partial charge >= 0.3 is 12.1 Å². The van der Waals surface area contributed by atoms with Gasteiger partial charge in [-0.25, -0.2) is 4.39 Å². The molecule has 2 aromatic carbocycles. The normalized spacial score (nSPS) is 11.9. The van der Waals surface area contributed by atoms with Gasteiger partial charge in [0, 0.05) is 35.8 Å². The molecule has 1 aromatic heterocycles. The number of alkyl halides is 3. The number of hydrogen-bond acceptors (Lipinski definition) is 3. The van der Waals surface area contributed by atoms with E-state index in [1.54, 1.807) is 25.9 Å². The summed E-state index contributed by atoms with van der Waals surface area (Å²) in [6.07, 6.45) is -3.14. The zero-order chi connectivity index (χ0) is 25.2. The van der Waals surface area contributed by atoms with Crippen LogP contribution in [0.25, 0.3) is 22.0 Å². The molecule has 6 nitrogen and oxygen atoms in total. The molecule has 0 spiro atoms. The summed E-state index contributed by atoms with van der Waals surface area (Å²) < 4.78 is 55.8. The number of rotatable bonds is 8. The number of amides is 1. The molecule has 1 N–H and O–H groups in total. The van der Waals surface area contributed by atoms with Gasteiger partial charge in [-0.2, -0.15) is 13.2 Å². The predicted octanol–water partition coefficient (Wildman–Crippen LogP) is 4.46. The molecule has 0 aliphatic heterocycles. The maximum absolute atomic E-state index is 14.2. The van der Waals surface area contributed by atoms with Crippen molar-refractivity contribution < 1.29 is 32.3 Å². The van der Waals surface area contributed by atoms with E-state index in [0.29, 0.717) is 28.8 Å². The maximum Gasteiger partial charge on any atom is 0.416 e. The molecule has 182 valence electrons.